The van der Waals surface area contributed by atoms with Gasteiger partial charge in [-0.2, -0.15) is 0 Å². The van der Waals surface area contributed by atoms with Crippen LogP contribution in [-0.4, -0.2) is 12.6 Å². The van der Waals surface area contributed by atoms with Crippen LogP contribution in [-0.2, 0) is 0 Å². The summed E-state index contributed by atoms with van der Waals surface area (Å²) in [5.41, 5.74) is 10.7. The van der Waals surface area contributed by atoms with Crippen molar-refractivity contribution in [2.75, 3.05) is 6.54 Å². The van der Waals surface area contributed by atoms with Gasteiger partial charge in [0.05, 0.1) is 0 Å². The van der Waals surface area contributed by atoms with Gasteiger partial charge in [-0.05, 0) is 26.3 Å². The standard InChI is InChI=1S/2C6H15N/c1-3-4-5-6(2)7;1-2-3-4-5-6-7/h6H,3-5,7H2,1-2H3;2-7H2,1H3. The maximum Gasteiger partial charge on any atom is 0.00104 e. The molecule has 2 heteroatoms. The average Bonchev–Trinajstić information content (AvgIpc) is 2.16. The molecule has 0 bridgehead atoms. The average molecular weight is 202 g/mol. The lowest BCUT2D eigenvalue weighted by Crippen LogP contribution is -2.13. The number of hydrogen-bond acceptors (Lipinski definition) is 2. The van der Waals surface area contributed by atoms with E-state index < -0.39 is 0 Å². The molecule has 0 fully saturated rings. The lowest BCUT2D eigenvalue weighted by atomic mass is 10.2. The smallest absolute Gasteiger partial charge is 0.00104 e. The topological polar surface area (TPSA) is 52.0 Å². The summed E-state index contributed by atoms with van der Waals surface area (Å²) in [4.78, 5) is 0. The van der Waals surface area contributed by atoms with Gasteiger partial charge in [0.2, 0.25) is 0 Å². The van der Waals surface area contributed by atoms with Gasteiger partial charge in [0.25, 0.3) is 0 Å². The van der Waals surface area contributed by atoms with E-state index in [0.717, 1.165) is 6.54 Å². The highest BCUT2D eigenvalue weighted by molar-refractivity contribution is 4.50. The van der Waals surface area contributed by atoms with Gasteiger partial charge in [0, 0.05) is 6.04 Å². The quantitative estimate of drug-likeness (QED) is 0.623. The van der Waals surface area contributed by atoms with Crippen LogP contribution in [0.3, 0.4) is 0 Å². The fraction of sp³-hybridized carbons (Fsp3) is 1.00. The van der Waals surface area contributed by atoms with Crippen molar-refractivity contribution in [3.8, 4) is 0 Å². The van der Waals surface area contributed by atoms with Crippen molar-refractivity contribution in [1.82, 2.24) is 0 Å². The van der Waals surface area contributed by atoms with E-state index in [9.17, 15) is 0 Å². The molecule has 0 heterocycles. The van der Waals surface area contributed by atoms with Gasteiger partial charge < -0.3 is 11.5 Å². The van der Waals surface area contributed by atoms with Crippen LogP contribution in [0.1, 0.15) is 65.7 Å². The van der Waals surface area contributed by atoms with Gasteiger partial charge in [-0.3, -0.25) is 0 Å². The van der Waals surface area contributed by atoms with E-state index in [1.54, 1.807) is 0 Å². The second kappa shape index (κ2) is 15.4. The van der Waals surface area contributed by atoms with E-state index in [2.05, 4.69) is 20.8 Å². The highest BCUT2D eigenvalue weighted by Gasteiger charge is 1.88. The van der Waals surface area contributed by atoms with Crippen LogP contribution in [0.4, 0.5) is 0 Å². The zero-order valence-corrected chi connectivity index (χ0v) is 10.4. The fourth-order valence-electron chi connectivity index (χ4n) is 1.10. The summed E-state index contributed by atoms with van der Waals surface area (Å²) in [5.74, 6) is 0. The van der Waals surface area contributed by atoms with Gasteiger partial charge in [0.15, 0.2) is 0 Å². The van der Waals surface area contributed by atoms with Crippen LogP contribution in [0.2, 0.25) is 0 Å². The molecule has 14 heavy (non-hydrogen) atoms. The van der Waals surface area contributed by atoms with E-state index in [-0.39, 0.29) is 0 Å². The Hall–Kier alpha value is -0.0800. The summed E-state index contributed by atoms with van der Waals surface area (Å²) < 4.78 is 0. The summed E-state index contributed by atoms with van der Waals surface area (Å²) in [6.07, 6.45) is 8.88. The third-order valence-corrected chi connectivity index (χ3v) is 2.07. The van der Waals surface area contributed by atoms with E-state index in [0.29, 0.717) is 6.04 Å². The van der Waals surface area contributed by atoms with Crippen LogP contribution in [0.15, 0.2) is 0 Å². The van der Waals surface area contributed by atoms with E-state index in [4.69, 9.17) is 11.5 Å². The highest BCUT2D eigenvalue weighted by atomic mass is 14.6. The number of unbranched alkanes of at least 4 members (excludes halogenated alkanes) is 4. The predicted octanol–water partition coefficient (Wildman–Crippen LogP) is 3.05. The van der Waals surface area contributed by atoms with Crippen LogP contribution in [0.25, 0.3) is 0 Å². The van der Waals surface area contributed by atoms with Crippen molar-refractivity contribution >= 4 is 0 Å². The van der Waals surface area contributed by atoms with Crippen LogP contribution in [0, 0.1) is 0 Å². The molecule has 0 saturated heterocycles. The molecule has 0 radical (unpaired) electrons. The molecule has 0 aliphatic carbocycles. The molecular formula is C12H30N2. The first-order valence-corrected chi connectivity index (χ1v) is 6.14. The Morgan fingerprint density at radius 3 is 1.79 bits per heavy atom. The molecule has 1 unspecified atom stereocenters. The Morgan fingerprint density at radius 2 is 1.50 bits per heavy atom. The first-order valence-electron chi connectivity index (χ1n) is 6.14. The highest BCUT2D eigenvalue weighted by Crippen LogP contribution is 1.95. The van der Waals surface area contributed by atoms with Crippen LogP contribution >= 0.6 is 0 Å². The Balaban J connectivity index is 0. The molecule has 0 aliphatic rings. The molecule has 0 aliphatic heterocycles. The molecule has 88 valence electrons. The number of rotatable bonds is 7. The summed E-state index contributed by atoms with van der Waals surface area (Å²) in [5, 5.41) is 0. The third-order valence-electron chi connectivity index (χ3n) is 2.07. The predicted molar refractivity (Wildman–Crippen MR) is 66.4 cm³/mol. The number of nitrogens with two attached hydrogens (primary N) is 2. The van der Waals surface area contributed by atoms with Gasteiger partial charge in [-0.1, -0.05) is 46.0 Å². The molecule has 0 aromatic heterocycles. The minimum Gasteiger partial charge on any atom is -0.330 e. The molecule has 2 nitrogen and oxygen atoms in total. The molecule has 4 N–H and O–H groups in total. The molecule has 0 aromatic rings. The Bertz CT molecular complexity index is 78.4. The molecule has 0 aromatic carbocycles. The first-order chi connectivity index (χ1) is 6.68. The first kappa shape index (κ1) is 16.4. The normalized spacial score (nSPS) is 11.8. The summed E-state index contributed by atoms with van der Waals surface area (Å²) in [7, 11) is 0. The lowest BCUT2D eigenvalue weighted by molar-refractivity contribution is 0.616. The summed E-state index contributed by atoms with van der Waals surface area (Å²) in [6, 6.07) is 0.403. The van der Waals surface area contributed by atoms with Crippen LogP contribution in [0.5, 0.6) is 0 Å². The molecule has 0 rings (SSSR count). The van der Waals surface area contributed by atoms with Crippen molar-refractivity contribution in [3.63, 3.8) is 0 Å². The van der Waals surface area contributed by atoms with E-state index in [1.165, 1.54) is 44.9 Å². The van der Waals surface area contributed by atoms with Crippen LogP contribution < -0.4 is 11.5 Å². The van der Waals surface area contributed by atoms with Gasteiger partial charge in [-0.15, -0.1) is 0 Å². The van der Waals surface area contributed by atoms with Gasteiger partial charge in [-0.25, -0.2) is 0 Å². The van der Waals surface area contributed by atoms with Crippen molar-refractivity contribution in [2.45, 2.75) is 71.8 Å². The number of hydrogen-bond donors (Lipinski definition) is 2. The van der Waals surface area contributed by atoms with Crippen molar-refractivity contribution in [2.24, 2.45) is 11.5 Å². The molecular weight excluding hydrogens is 172 g/mol. The van der Waals surface area contributed by atoms with Gasteiger partial charge in [0.1, 0.15) is 0 Å². The second-order valence-corrected chi connectivity index (χ2v) is 3.97. The zero-order chi connectivity index (χ0) is 11.2. The third kappa shape index (κ3) is 22.7. The van der Waals surface area contributed by atoms with E-state index >= 15 is 0 Å². The van der Waals surface area contributed by atoms with E-state index in [1.807, 2.05) is 0 Å². The summed E-state index contributed by atoms with van der Waals surface area (Å²) >= 11 is 0. The lowest BCUT2D eigenvalue weighted by Gasteiger charge is -1.99. The molecule has 0 spiro atoms. The monoisotopic (exact) mass is 202 g/mol. The summed E-state index contributed by atoms with van der Waals surface area (Å²) in [6.45, 7) is 7.30. The zero-order valence-electron chi connectivity index (χ0n) is 10.4. The fourth-order valence-corrected chi connectivity index (χ4v) is 1.10. The SMILES string of the molecule is CCCCC(C)N.CCCCCCN. The minimum absolute atomic E-state index is 0.403. The molecule has 1 atom stereocenters. The van der Waals surface area contributed by atoms with Crippen molar-refractivity contribution in [3.05, 3.63) is 0 Å². The van der Waals surface area contributed by atoms with Gasteiger partial charge >= 0.3 is 0 Å². The largest absolute Gasteiger partial charge is 0.330 e. The van der Waals surface area contributed by atoms with Crippen molar-refractivity contribution in [1.29, 1.82) is 0 Å². The maximum atomic E-state index is 5.48. The Labute approximate surface area is 90.4 Å². The molecule has 0 amide bonds. The van der Waals surface area contributed by atoms with Crippen molar-refractivity contribution < 1.29 is 0 Å². The minimum atomic E-state index is 0.403. The molecule has 0 saturated carbocycles. The Kier molecular flexibility index (Phi) is 18.0. The Morgan fingerprint density at radius 1 is 0.929 bits per heavy atom. The second-order valence-electron chi connectivity index (χ2n) is 3.97. The maximum absolute atomic E-state index is 5.48.